The highest BCUT2D eigenvalue weighted by Crippen LogP contribution is 2.28. The molecular weight excluding hydrogens is 328 g/mol. The van der Waals surface area contributed by atoms with Crippen molar-refractivity contribution in [3.8, 4) is 10.8 Å². The van der Waals surface area contributed by atoms with Gasteiger partial charge in [-0.2, -0.15) is 0 Å². The number of aromatic nitrogens is 1. The van der Waals surface area contributed by atoms with Crippen molar-refractivity contribution in [3.05, 3.63) is 53.1 Å². The summed E-state index contributed by atoms with van der Waals surface area (Å²) in [7, 11) is 1.61. The molecule has 0 aliphatic heterocycles. The third-order valence-electron chi connectivity index (χ3n) is 3.51. The van der Waals surface area contributed by atoms with E-state index < -0.39 is 0 Å². The first kappa shape index (κ1) is 16.5. The second-order valence-electron chi connectivity index (χ2n) is 5.20. The van der Waals surface area contributed by atoms with Crippen LogP contribution in [0.3, 0.4) is 0 Å². The first-order chi connectivity index (χ1) is 11.7. The van der Waals surface area contributed by atoms with Crippen molar-refractivity contribution >= 4 is 17.2 Å². The lowest BCUT2D eigenvalue weighted by Crippen LogP contribution is -2.34. The van der Waals surface area contributed by atoms with Crippen molar-refractivity contribution in [2.45, 2.75) is 13.5 Å². The number of nitrogens with zero attached hydrogens (tertiary/aromatic N) is 2. The Labute approximate surface area is 143 Å². The molecule has 0 radical (unpaired) electrons. The van der Waals surface area contributed by atoms with E-state index in [2.05, 4.69) is 4.98 Å². The fourth-order valence-corrected chi connectivity index (χ4v) is 3.17. The first-order valence-corrected chi connectivity index (χ1v) is 8.32. The molecule has 3 rings (SSSR count). The molecule has 24 heavy (non-hydrogen) atoms. The molecule has 1 amide bonds. The average Bonchev–Trinajstić information content (AvgIpc) is 3.31. The number of methoxy groups -OCH3 is 1. The van der Waals surface area contributed by atoms with Gasteiger partial charge in [0.1, 0.15) is 11.5 Å². The summed E-state index contributed by atoms with van der Waals surface area (Å²) >= 11 is 1.44. The predicted octanol–water partition coefficient (Wildman–Crippen LogP) is 3.59. The lowest BCUT2D eigenvalue weighted by molar-refractivity contribution is 0.0661. The van der Waals surface area contributed by atoms with E-state index in [9.17, 15) is 4.79 Å². The normalized spacial score (nSPS) is 10.9. The van der Waals surface area contributed by atoms with Crippen LogP contribution in [0.1, 0.15) is 21.1 Å². The summed E-state index contributed by atoms with van der Waals surface area (Å²) in [5, 5.41) is 0.700. The number of hydrogen-bond acceptors (Lipinski definition) is 6. The van der Waals surface area contributed by atoms with Crippen molar-refractivity contribution in [1.29, 1.82) is 0 Å². The van der Waals surface area contributed by atoms with Crippen LogP contribution in [-0.4, -0.2) is 36.1 Å². The molecule has 126 valence electrons. The monoisotopic (exact) mass is 346 g/mol. The third-order valence-corrected chi connectivity index (χ3v) is 4.50. The van der Waals surface area contributed by atoms with E-state index in [0.29, 0.717) is 36.2 Å². The van der Waals surface area contributed by atoms with Crippen molar-refractivity contribution in [1.82, 2.24) is 9.88 Å². The van der Waals surface area contributed by atoms with Crippen LogP contribution >= 0.6 is 11.3 Å². The number of hydrogen-bond donors (Lipinski definition) is 0. The molecular formula is C17H18N2O4S. The molecule has 0 aromatic carbocycles. The fraction of sp³-hybridized carbons (Fsp3) is 0.294. The summed E-state index contributed by atoms with van der Waals surface area (Å²) < 4.78 is 15.8. The van der Waals surface area contributed by atoms with Gasteiger partial charge in [-0.1, -0.05) is 0 Å². The average molecular weight is 346 g/mol. The van der Waals surface area contributed by atoms with E-state index in [0.717, 1.165) is 10.6 Å². The van der Waals surface area contributed by atoms with Gasteiger partial charge < -0.3 is 18.5 Å². The van der Waals surface area contributed by atoms with Crippen LogP contribution in [0.4, 0.5) is 0 Å². The summed E-state index contributed by atoms with van der Waals surface area (Å²) in [4.78, 5) is 19.9. The number of aryl methyl sites for hydroxylation is 1. The number of carbonyl (C=O) groups excluding carboxylic acids is 1. The van der Waals surface area contributed by atoms with Gasteiger partial charge in [0.2, 0.25) is 0 Å². The van der Waals surface area contributed by atoms with E-state index in [-0.39, 0.29) is 5.91 Å². The molecule has 3 heterocycles. The molecule has 7 heteroatoms. The van der Waals surface area contributed by atoms with E-state index in [4.69, 9.17) is 13.6 Å². The third kappa shape index (κ3) is 3.58. The van der Waals surface area contributed by atoms with Crippen LogP contribution in [0.25, 0.3) is 10.8 Å². The van der Waals surface area contributed by atoms with Crippen molar-refractivity contribution < 1.29 is 18.4 Å². The van der Waals surface area contributed by atoms with Crippen LogP contribution in [-0.2, 0) is 11.3 Å². The summed E-state index contributed by atoms with van der Waals surface area (Å²) in [6, 6.07) is 7.28. The molecule has 0 fully saturated rings. The molecule has 0 spiro atoms. The molecule has 0 aliphatic rings. The number of furan rings is 2. The Hall–Kier alpha value is -2.38. The highest BCUT2D eigenvalue weighted by atomic mass is 32.1. The van der Waals surface area contributed by atoms with Crippen LogP contribution in [0.5, 0.6) is 0 Å². The minimum absolute atomic E-state index is 0.144. The molecule has 0 atom stereocenters. The fourth-order valence-electron chi connectivity index (χ4n) is 2.29. The minimum atomic E-state index is -0.144. The van der Waals surface area contributed by atoms with Gasteiger partial charge >= 0.3 is 0 Å². The van der Waals surface area contributed by atoms with Gasteiger partial charge in [-0.3, -0.25) is 4.79 Å². The molecule has 0 aliphatic carbocycles. The Bertz CT molecular complexity index is 778. The lowest BCUT2D eigenvalue weighted by atomic mass is 10.3. The summed E-state index contributed by atoms with van der Waals surface area (Å²) in [5.74, 6) is 1.24. The minimum Gasteiger partial charge on any atom is -0.467 e. The van der Waals surface area contributed by atoms with E-state index in [1.807, 2.05) is 19.1 Å². The maximum absolute atomic E-state index is 12.9. The Balaban J connectivity index is 1.83. The van der Waals surface area contributed by atoms with Gasteiger partial charge in [0.05, 0.1) is 25.7 Å². The quantitative estimate of drug-likeness (QED) is 0.654. The molecule has 0 saturated heterocycles. The van der Waals surface area contributed by atoms with Crippen LogP contribution in [0, 0.1) is 6.92 Å². The SMILES string of the molecule is COCCN(Cc1ccco1)C(=O)c1nc(-c2ccco2)sc1C. The Morgan fingerprint density at radius 2 is 2.08 bits per heavy atom. The number of carbonyl (C=O) groups is 1. The number of rotatable bonds is 7. The number of amides is 1. The predicted molar refractivity (Wildman–Crippen MR) is 89.9 cm³/mol. The first-order valence-electron chi connectivity index (χ1n) is 7.51. The zero-order chi connectivity index (χ0) is 16.9. The molecule has 0 N–H and O–H groups in total. The van der Waals surface area contributed by atoms with Gasteiger partial charge in [-0.05, 0) is 31.2 Å². The highest BCUT2D eigenvalue weighted by molar-refractivity contribution is 7.15. The highest BCUT2D eigenvalue weighted by Gasteiger charge is 2.23. The lowest BCUT2D eigenvalue weighted by Gasteiger charge is -2.20. The van der Waals surface area contributed by atoms with Crippen LogP contribution < -0.4 is 0 Å². The zero-order valence-corrected chi connectivity index (χ0v) is 14.3. The Morgan fingerprint density at radius 3 is 2.75 bits per heavy atom. The van der Waals surface area contributed by atoms with Crippen molar-refractivity contribution in [2.75, 3.05) is 20.3 Å². The standard InChI is InChI=1S/C17H18N2O4S/c1-12-15(18-16(24-12)14-6-4-9-23-14)17(20)19(7-10-21-2)11-13-5-3-8-22-13/h3-6,8-9H,7,10-11H2,1-2H3. The van der Waals surface area contributed by atoms with Gasteiger partial charge in [-0.25, -0.2) is 4.98 Å². The number of thiazole rings is 1. The van der Waals surface area contributed by atoms with E-state index >= 15 is 0 Å². The summed E-state index contributed by atoms with van der Waals surface area (Å²) in [6.45, 7) is 3.17. The van der Waals surface area contributed by atoms with Crippen LogP contribution in [0.15, 0.2) is 45.6 Å². The molecule has 0 bridgehead atoms. The number of ether oxygens (including phenoxy) is 1. The maximum atomic E-state index is 12.9. The second-order valence-corrected chi connectivity index (χ2v) is 6.40. The molecule has 0 unspecified atom stereocenters. The van der Waals surface area contributed by atoms with Gasteiger partial charge in [0.15, 0.2) is 10.8 Å². The zero-order valence-electron chi connectivity index (χ0n) is 13.5. The molecule has 3 aromatic heterocycles. The molecule has 0 saturated carbocycles. The van der Waals surface area contributed by atoms with Gasteiger partial charge in [0, 0.05) is 18.5 Å². The van der Waals surface area contributed by atoms with Crippen molar-refractivity contribution in [3.63, 3.8) is 0 Å². The summed E-state index contributed by atoms with van der Waals surface area (Å²) in [6.07, 6.45) is 3.19. The molecule has 6 nitrogen and oxygen atoms in total. The largest absolute Gasteiger partial charge is 0.467 e. The topological polar surface area (TPSA) is 68.7 Å². The van der Waals surface area contributed by atoms with E-state index in [1.54, 1.807) is 36.7 Å². The van der Waals surface area contributed by atoms with Gasteiger partial charge in [-0.15, -0.1) is 11.3 Å². The maximum Gasteiger partial charge on any atom is 0.274 e. The smallest absolute Gasteiger partial charge is 0.274 e. The van der Waals surface area contributed by atoms with Gasteiger partial charge in [0.25, 0.3) is 5.91 Å². The summed E-state index contributed by atoms with van der Waals surface area (Å²) in [5.41, 5.74) is 0.439. The van der Waals surface area contributed by atoms with E-state index in [1.165, 1.54) is 11.3 Å². The second kappa shape index (κ2) is 7.46. The molecule has 3 aromatic rings. The van der Waals surface area contributed by atoms with Crippen LogP contribution in [0.2, 0.25) is 0 Å². The van der Waals surface area contributed by atoms with Crippen molar-refractivity contribution in [2.24, 2.45) is 0 Å². The Kier molecular flexibility index (Phi) is 5.12. The Morgan fingerprint density at radius 1 is 1.29 bits per heavy atom.